The molecule has 1 aliphatic heterocycles. The molecular formula is C22H29N3O3S. The van der Waals surface area contributed by atoms with Crippen LogP contribution >= 0.6 is 0 Å². The molecular weight excluding hydrogens is 386 g/mol. The lowest BCUT2D eigenvalue weighted by molar-refractivity contribution is -0.127. The molecule has 1 saturated heterocycles. The fourth-order valence-electron chi connectivity index (χ4n) is 5.56. The van der Waals surface area contributed by atoms with E-state index >= 15 is 0 Å². The Balaban J connectivity index is 1.31. The van der Waals surface area contributed by atoms with Crippen LogP contribution in [0.4, 0.5) is 0 Å². The minimum absolute atomic E-state index is 0.0793. The zero-order chi connectivity index (χ0) is 20.6. The molecule has 2 aliphatic carbocycles. The van der Waals surface area contributed by atoms with E-state index in [0.29, 0.717) is 37.4 Å². The molecule has 156 valence electrons. The molecule has 4 rings (SSSR count). The fourth-order valence-corrected chi connectivity index (χ4v) is 7.03. The molecule has 0 aromatic heterocycles. The monoisotopic (exact) mass is 415 g/mol. The van der Waals surface area contributed by atoms with E-state index in [1.54, 1.807) is 0 Å². The van der Waals surface area contributed by atoms with Crippen molar-refractivity contribution in [2.45, 2.75) is 56.4 Å². The minimum atomic E-state index is -3.59. The number of amides is 1. The average Bonchev–Trinajstić information content (AvgIpc) is 3.37. The highest BCUT2D eigenvalue weighted by molar-refractivity contribution is 7.89. The van der Waals surface area contributed by atoms with E-state index < -0.39 is 10.0 Å². The Morgan fingerprint density at radius 2 is 1.83 bits per heavy atom. The molecule has 1 amide bonds. The molecule has 6 nitrogen and oxygen atoms in total. The molecule has 3 fully saturated rings. The second-order valence-corrected chi connectivity index (χ2v) is 10.9. The first-order valence-electron chi connectivity index (χ1n) is 10.7. The number of nitrogens with zero attached hydrogens (tertiary/aromatic N) is 2. The number of nitriles is 1. The van der Waals surface area contributed by atoms with Crippen LogP contribution in [0.1, 0.15) is 51.0 Å². The van der Waals surface area contributed by atoms with Gasteiger partial charge < -0.3 is 5.32 Å². The van der Waals surface area contributed by atoms with Crippen molar-refractivity contribution < 1.29 is 13.2 Å². The third-order valence-corrected chi connectivity index (χ3v) is 9.16. The lowest BCUT2D eigenvalue weighted by atomic mass is 9.83. The van der Waals surface area contributed by atoms with E-state index in [0.717, 1.165) is 11.8 Å². The van der Waals surface area contributed by atoms with Crippen molar-refractivity contribution in [1.29, 1.82) is 5.26 Å². The van der Waals surface area contributed by atoms with Crippen LogP contribution in [0.15, 0.2) is 29.2 Å². The highest BCUT2D eigenvalue weighted by atomic mass is 32.2. The van der Waals surface area contributed by atoms with Crippen LogP contribution < -0.4 is 5.32 Å². The first kappa shape index (κ1) is 20.4. The largest absolute Gasteiger partial charge is 0.353 e. The summed E-state index contributed by atoms with van der Waals surface area (Å²) in [5.74, 6) is 2.20. The van der Waals surface area contributed by atoms with E-state index in [-0.39, 0.29) is 22.8 Å². The first-order valence-corrected chi connectivity index (χ1v) is 12.1. The topological polar surface area (TPSA) is 90.3 Å². The van der Waals surface area contributed by atoms with Crippen molar-refractivity contribution in [3.8, 4) is 6.07 Å². The molecule has 1 aromatic carbocycles. The first-order chi connectivity index (χ1) is 13.9. The molecule has 0 spiro atoms. The second kappa shape index (κ2) is 8.08. The summed E-state index contributed by atoms with van der Waals surface area (Å²) < 4.78 is 27.1. The molecule has 4 atom stereocenters. The fraction of sp³-hybridized carbons (Fsp3) is 0.636. The van der Waals surface area contributed by atoms with Gasteiger partial charge in [0.05, 0.1) is 16.5 Å². The van der Waals surface area contributed by atoms with Gasteiger partial charge in [-0.05, 0) is 81.0 Å². The number of carbonyl (C=O) groups excluding carboxylic acids is 1. The summed E-state index contributed by atoms with van der Waals surface area (Å²) >= 11 is 0. The Kier molecular flexibility index (Phi) is 5.67. The summed E-state index contributed by atoms with van der Waals surface area (Å²) in [6.45, 7) is 2.83. The highest BCUT2D eigenvalue weighted by Gasteiger charge is 2.42. The number of fused-ring (bicyclic) bond motifs is 2. The number of nitrogens with one attached hydrogen (secondary N) is 1. The second-order valence-electron chi connectivity index (χ2n) is 8.95. The van der Waals surface area contributed by atoms with Gasteiger partial charge in [0.25, 0.3) is 0 Å². The zero-order valence-corrected chi connectivity index (χ0v) is 17.7. The number of carbonyl (C=O) groups is 1. The standard InChI is InChI=1S/C22H29N3O3S/c1-15(21-13-17-2-5-19(21)12-17)24-22(26)18-8-10-25(11-9-18)29(27,28)20-6-3-16(14-23)4-7-20/h3-4,6-7,15,17-19,21H,2,5,8-13H2,1H3,(H,24,26)/t15-,17-,19-,21-/m0/s1. The number of rotatable bonds is 5. The van der Waals surface area contributed by atoms with Crippen molar-refractivity contribution >= 4 is 15.9 Å². The third kappa shape index (κ3) is 4.06. The Hall–Kier alpha value is -1.91. The van der Waals surface area contributed by atoms with Crippen LogP contribution in [0.25, 0.3) is 0 Å². The third-order valence-electron chi connectivity index (χ3n) is 7.25. The summed E-state index contributed by atoms with van der Waals surface area (Å²) in [5, 5.41) is 12.1. The molecule has 29 heavy (non-hydrogen) atoms. The van der Waals surface area contributed by atoms with E-state index in [2.05, 4.69) is 12.2 Å². The van der Waals surface area contributed by atoms with Gasteiger partial charge in [-0.1, -0.05) is 6.42 Å². The number of piperidine rings is 1. The Morgan fingerprint density at radius 1 is 1.14 bits per heavy atom. The predicted molar refractivity (Wildman–Crippen MR) is 109 cm³/mol. The SMILES string of the molecule is C[C@H](NC(=O)C1CCN(S(=O)(=O)c2ccc(C#N)cc2)CC1)[C@@H]1C[C@H]2CC[C@H]1C2. The van der Waals surface area contributed by atoms with E-state index in [1.165, 1.54) is 54.3 Å². The van der Waals surface area contributed by atoms with Gasteiger partial charge in [0.15, 0.2) is 0 Å². The van der Waals surface area contributed by atoms with Crippen LogP contribution in [0.3, 0.4) is 0 Å². The minimum Gasteiger partial charge on any atom is -0.353 e. The Morgan fingerprint density at radius 3 is 2.38 bits per heavy atom. The van der Waals surface area contributed by atoms with Gasteiger partial charge in [0.1, 0.15) is 0 Å². The number of sulfonamides is 1. The van der Waals surface area contributed by atoms with E-state index in [1.807, 2.05) is 6.07 Å². The predicted octanol–water partition coefficient (Wildman–Crippen LogP) is 2.90. The molecule has 1 aromatic rings. The lowest BCUT2D eigenvalue weighted by Crippen LogP contribution is -2.47. The lowest BCUT2D eigenvalue weighted by Gasteiger charge is -2.33. The van der Waals surface area contributed by atoms with Gasteiger partial charge >= 0.3 is 0 Å². The van der Waals surface area contributed by atoms with Gasteiger partial charge in [-0.2, -0.15) is 9.57 Å². The molecule has 7 heteroatoms. The van der Waals surface area contributed by atoms with Crippen LogP contribution in [0, 0.1) is 35.0 Å². The molecule has 0 unspecified atom stereocenters. The molecule has 1 N–H and O–H groups in total. The number of benzene rings is 1. The van der Waals surface area contributed by atoms with Gasteiger partial charge in [-0.25, -0.2) is 8.42 Å². The summed E-state index contributed by atoms with van der Waals surface area (Å²) in [5.41, 5.74) is 0.434. The summed E-state index contributed by atoms with van der Waals surface area (Å²) in [4.78, 5) is 13.0. The molecule has 3 aliphatic rings. The Bertz CT molecular complexity index is 898. The van der Waals surface area contributed by atoms with E-state index in [9.17, 15) is 13.2 Å². The highest BCUT2D eigenvalue weighted by Crippen LogP contribution is 2.49. The van der Waals surface area contributed by atoms with Crippen molar-refractivity contribution in [3.05, 3.63) is 29.8 Å². The maximum atomic E-state index is 12.8. The number of hydrogen-bond donors (Lipinski definition) is 1. The molecule has 1 heterocycles. The maximum Gasteiger partial charge on any atom is 0.243 e. The molecule has 2 saturated carbocycles. The van der Waals surface area contributed by atoms with Crippen LogP contribution in [0.5, 0.6) is 0 Å². The quantitative estimate of drug-likeness (QED) is 0.801. The van der Waals surface area contributed by atoms with Crippen molar-refractivity contribution in [2.24, 2.45) is 23.7 Å². The van der Waals surface area contributed by atoms with Gasteiger partial charge in [-0.15, -0.1) is 0 Å². The van der Waals surface area contributed by atoms with Crippen LogP contribution in [-0.4, -0.2) is 37.8 Å². The van der Waals surface area contributed by atoms with Gasteiger partial charge in [-0.3, -0.25) is 4.79 Å². The zero-order valence-electron chi connectivity index (χ0n) is 16.9. The normalized spacial score (nSPS) is 28.8. The van der Waals surface area contributed by atoms with Crippen LogP contribution in [-0.2, 0) is 14.8 Å². The average molecular weight is 416 g/mol. The maximum absolute atomic E-state index is 12.8. The summed E-state index contributed by atoms with van der Waals surface area (Å²) in [6, 6.07) is 8.19. The smallest absolute Gasteiger partial charge is 0.243 e. The molecule has 0 radical (unpaired) electrons. The van der Waals surface area contributed by atoms with Crippen molar-refractivity contribution in [1.82, 2.24) is 9.62 Å². The van der Waals surface area contributed by atoms with Crippen molar-refractivity contribution in [3.63, 3.8) is 0 Å². The van der Waals surface area contributed by atoms with E-state index in [4.69, 9.17) is 5.26 Å². The Labute approximate surface area is 173 Å². The van der Waals surface area contributed by atoms with Crippen molar-refractivity contribution in [2.75, 3.05) is 13.1 Å². The number of hydrogen-bond acceptors (Lipinski definition) is 4. The van der Waals surface area contributed by atoms with Crippen LogP contribution in [0.2, 0.25) is 0 Å². The van der Waals surface area contributed by atoms with Gasteiger partial charge in [0.2, 0.25) is 15.9 Å². The summed E-state index contributed by atoms with van der Waals surface area (Å²) in [6.07, 6.45) is 6.33. The summed E-state index contributed by atoms with van der Waals surface area (Å²) in [7, 11) is -3.59. The molecule has 2 bridgehead atoms. The van der Waals surface area contributed by atoms with Gasteiger partial charge in [0, 0.05) is 25.0 Å².